The molecule has 0 saturated carbocycles. The molecule has 0 radical (unpaired) electrons. The smallest absolute Gasteiger partial charge is 0.291 e. The molecule has 17 heavy (non-hydrogen) atoms. The lowest BCUT2D eigenvalue weighted by molar-refractivity contribution is -0.742. The maximum Gasteiger partial charge on any atom is 0.291 e. The highest BCUT2D eigenvalue weighted by atomic mass is 35.5. The first kappa shape index (κ1) is 13.1. The van der Waals surface area contributed by atoms with Crippen molar-refractivity contribution in [1.29, 1.82) is 0 Å². The van der Waals surface area contributed by atoms with Gasteiger partial charge in [-0.2, -0.15) is 0 Å². The van der Waals surface area contributed by atoms with E-state index < -0.39 is 5.09 Å². The van der Waals surface area contributed by atoms with Crippen molar-refractivity contribution in [3.63, 3.8) is 0 Å². The Morgan fingerprint density at radius 1 is 1.35 bits per heavy atom. The fourth-order valence-corrected chi connectivity index (χ4v) is 1.55. The number of nitrogens with zero attached hydrogens (tertiary/aromatic N) is 3. The van der Waals surface area contributed by atoms with E-state index in [1.54, 1.807) is 6.07 Å². The largest absolute Gasteiger partial charge is 0.328 e. The topological polar surface area (TPSA) is 89.2 Å². The fraction of sp³-hybridized carbons (Fsp3) is 0.200. The zero-order valence-electron chi connectivity index (χ0n) is 9.22. The van der Waals surface area contributed by atoms with E-state index in [4.69, 9.17) is 26.9 Å². The minimum absolute atomic E-state index is 0.491. The summed E-state index contributed by atoms with van der Waals surface area (Å²) in [6.07, 6.45) is 0. The minimum Gasteiger partial charge on any atom is -0.328 e. The Kier molecular flexibility index (Phi) is 4.17. The van der Waals surface area contributed by atoms with Crippen LogP contribution in [0.5, 0.6) is 0 Å². The van der Waals surface area contributed by atoms with Crippen molar-refractivity contribution in [3.05, 3.63) is 44.7 Å². The molecule has 0 spiro atoms. The monoisotopic (exact) mass is 255 g/mol. The predicted octanol–water partition coefficient (Wildman–Crippen LogP) is 2.55. The van der Waals surface area contributed by atoms with Gasteiger partial charge in [0.2, 0.25) is 0 Å². The van der Waals surface area contributed by atoms with Gasteiger partial charge in [0.1, 0.15) is 5.15 Å². The Balaban J connectivity index is 0.000000317. The molecule has 0 unspecified atom stereocenters. The highest BCUT2D eigenvalue weighted by molar-refractivity contribution is 6.29. The minimum atomic E-state index is -1.50. The van der Waals surface area contributed by atoms with E-state index in [1.807, 2.05) is 26.0 Å². The van der Waals surface area contributed by atoms with Crippen molar-refractivity contribution in [3.8, 4) is 0 Å². The Labute approximate surface area is 102 Å². The standard InChI is InChI=1S/C10H9ClN2.HNO3/c1-6-5-7(2)12-10-8(6)3-4-9(11)13-10;2-1(3)4/h3-5H,1-2H3;(H,2,3,4). The van der Waals surface area contributed by atoms with Crippen LogP contribution in [0.4, 0.5) is 0 Å². The highest BCUT2D eigenvalue weighted by Crippen LogP contribution is 2.17. The van der Waals surface area contributed by atoms with Gasteiger partial charge in [-0.15, -0.1) is 10.1 Å². The lowest BCUT2D eigenvalue weighted by atomic mass is 10.1. The van der Waals surface area contributed by atoms with Crippen molar-refractivity contribution >= 4 is 22.6 Å². The van der Waals surface area contributed by atoms with Crippen molar-refractivity contribution in [2.45, 2.75) is 13.8 Å². The average Bonchev–Trinajstić information content (AvgIpc) is 2.14. The van der Waals surface area contributed by atoms with E-state index in [1.165, 1.54) is 5.56 Å². The second-order valence-corrected chi connectivity index (χ2v) is 3.71. The van der Waals surface area contributed by atoms with Gasteiger partial charge in [0.25, 0.3) is 5.09 Å². The second-order valence-electron chi connectivity index (χ2n) is 3.32. The van der Waals surface area contributed by atoms with Gasteiger partial charge in [0, 0.05) is 11.1 Å². The third-order valence-corrected chi connectivity index (χ3v) is 2.18. The molecule has 90 valence electrons. The van der Waals surface area contributed by atoms with Crippen LogP contribution in [0, 0.1) is 24.0 Å². The molecule has 0 aromatic carbocycles. The van der Waals surface area contributed by atoms with Gasteiger partial charge in [-0.3, -0.25) is 0 Å². The zero-order valence-corrected chi connectivity index (χ0v) is 9.97. The van der Waals surface area contributed by atoms with Crippen LogP contribution < -0.4 is 0 Å². The summed E-state index contributed by atoms with van der Waals surface area (Å²) in [5.41, 5.74) is 2.89. The molecule has 0 fully saturated rings. The predicted molar refractivity (Wildman–Crippen MR) is 62.8 cm³/mol. The Bertz CT molecular complexity index is 550. The highest BCUT2D eigenvalue weighted by Gasteiger charge is 2.01. The molecule has 1 N–H and O–H groups in total. The van der Waals surface area contributed by atoms with Gasteiger partial charge >= 0.3 is 0 Å². The molecule has 2 aromatic heterocycles. The summed E-state index contributed by atoms with van der Waals surface area (Å²) < 4.78 is 0. The van der Waals surface area contributed by atoms with Gasteiger partial charge in [0.15, 0.2) is 5.65 Å². The first-order chi connectivity index (χ1) is 7.90. The number of rotatable bonds is 0. The van der Waals surface area contributed by atoms with E-state index in [2.05, 4.69) is 9.97 Å². The molecular formula is C10H10ClN3O3. The summed E-state index contributed by atoms with van der Waals surface area (Å²) >= 11 is 5.77. The van der Waals surface area contributed by atoms with Gasteiger partial charge in [-0.25, -0.2) is 9.97 Å². The first-order valence-corrected chi connectivity index (χ1v) is 5.01. The van der Waals surface area contributed by atoms with E-state index in [9.17, 15) is 0 Å². The summed E-state index contributed by atoms with van der Waals surface area (Å²) in [6, 6.07) is 5.78. The maximum absolute atomic E-state index is 8.36. The number of fused-ring (bicyclic) bond motifs is 1. The number of hydrogen-bond donors (Lipinski definition) is 1. The molecule has 2 aromatic rings. The molecular weight excluding hydrogens is 246 g/mol. The average molecular weight is 256 g/mol. The molecule has 0 saturated heterocycles. The van der Waals surface area contributed by atoms with E-state index in [0.717, 1.165) is 16.7 Å². The maximum atomic E-state index is 8.36. The molecule has 2 heterocycles. The fourth-order valence-electron chi connectivity index (χ4n) is 1.41. The molecule has 7 heteroatoms. The van der Waals surface area contributed by atoms with Gasteiger partial charge < -0.3 is 5.21 Å². The van der Waals surface area contributed by atoms with E-state index in [0.29, 0.717) is 5.15 Å². The summed E-state index contributed by atoms with van der Waals surface area (Å²) in [6.45, 7) is 4.00. The van der Waals surface area contributed by atoms with Crippen LogP contribution in [0.1, 0.15) is 11.3 Å². The Hall–Kier alpha value is -1.95. The zero-order chi connectivity index (χ0) is 13.0. The summed E-state index contributed by atoms with van der Waals surface area (Å²) in [4.78, 5) is 16.8. The molecule has 2 rings (SSSR count). The summed E-state index contributed by atoms with van der Waals surface area (Å²) in [5.74, 6) is 0. The van der Waals surface area contributed by atoms with Crippen molar-refractivity contribution < 1.29 is 10.3 Å². The normalized spacial score (nSPS) is 9.59. The molecule has 6 nitrogen and oxygen atoms in total. The third kappa shape index (κ3) is 3.84. The summed E-state index contributed by atoms with van der Waals surface area (Å²) in [7, 11) is 0. The van der Waals surface area contributed by atoms with Gasteiger partial charge in [-0.05, 0) is 37.6 Å². The van der Waals surface area contributed by atoms with Crippen LogP contribution in [0.15, 0.2) is 18.2 Å². The van der Waals surface area contributed by atoms with Crippen LogP contribution >= 0.6 is 11.6 Å². The van der Waals surface area contributed by atoms with E-state index in [-0.39, 0.29) is 0 Å². The van der Waals surface area contributed by atoms with Crippen LogP contribution in [-0.4, -0.2) is 20.3 Å². The molecule has 0 aliphatic carbocycles. The molecule has 0 aliphatic rings. The Morgan fingerprint density at radius 3 is 2.53 bits per heavy atom. The van der Waals surface area contributed by atoms with Crippen molar-refractivity contribution in [1.82, 2.24) is 9.97 Å². The second kappa shape index (κ2) is 5.40. The SMILES string of the molecule is Cc1cc(C)c2ccc(Cl)nc2n1.O=[N+]([O-])O. The molecule has 0 atom stereocenters. The molecule has 0 bridgehead atoms. The Morgan fingerprint density at radius 2 is 1.94 bits per heavy atom. The summed E-state index contributed by atoms with van der Waals surface area (Å²) in [5, 5.41) is 15.2. The molecule has 0 aliphatic heterocycles. The van der Waals surface area contributed by atoms with Crippen LogP contribution in [0.2, 0.25) is 5.15 Å². The van der Waals surface area contributed by atoms with E-state index >= 15 is 0 Å². The third-order valence-electron chi connectivity index (χ3n) is 1.97. The van der Waals surface area contributed by atoms with Crippen LogP contribution in [-0.2, 0) is 0 Å². The number of pyridine rings is 2. The van der Waals surface area contributed by atoms with Crippen molar-refractivity contribution in [2.75, 3.05) is 0 Å². The quantitative estimate of drug-likeness (QED) is 0.444. The number of aromatic nitrogens is 2. The number of aryl methyl sites for hydroxylation is 2. The number of halogens is 1. The lowest BCUT2D eigenvalue weighted by Crippen LogP contribution is -1.90. The lowest BCUT2D eigenvalue weighted by Gasteiger charge is -2.02. The molecule has 0 amide bonds. The first-order valence-electron chi connectivity index (χ1n) is 4.64. The van der Waals surface area contributed by atoms with Gasteiger partial charge in [0.05, 0.1) is 0 Å². The van der Waals surface area contributed by atoms with Crippen LogP contribution in [0.3, 0.4) is 0 Å². The van der Waals surface area contributed by atoms with Crippen LogP contribution in [0.25, 0.3) is 11.0 Å². The van der Waals surface area contributed by atoms with Gasteiger partial charge in [-0.1, -0.05) is 11.6 Å². The number of hydrogen-bond acceptors (Lipinski definition) is 4. The van der Waals surface area contributed by atoms with Crippen molar-refractivity contribution in [2.24, 2.45) is 0 Å².